The Morgan fingerprint density at radius 1 is 1.42 bits per heavy atom. The summed E-state index contributed by atoms with van der Waals surface area (Å²) in [5, 5.41) is 0. The first kappa shape index (κ1) is 9.25. The molecule has 1 aliphatic heterocycles. The summed E-state index contributed by atoms with van der Waals surface area (Å²) >= 11 is 2.50. The Kier molecular flexibility index (Phi) is 2.41. The molecule has 70 valence electrons. The highest BCUT2D eigenvalue weighted by atomic mass is 127. The van der Waals surface area contributed by atoms with Crippen LogP contribution in [0.5, 0.6) is 0 Å². The van der Waals surface area contributed by atoms with E-state index < -0.39 is 0 Å². The van der Waals surface area contributed by atoms with E-state index in [1.165, 1.54) is 32.4 Å². The van der Waals surface area contributed by atoms with Gasteiger partial charge in [0.05, 0.1) is 0 Å². The summed E-state index contributed by atoms with van der Waals surface area (Å²) in [6.45, 7) is 7.42. The van der Waals surface area contributed by atoms with Crippen LogP contribution in [0.2, 0.25) is 0 Å². The fraction of sp³-hybridized carbons (Fsp3) is 1.00. The van der Waals surface area contributed by atoms with Crippen LogP contribution < -0.4 is 0 Å². The molecule has 12 heavy (non-hydrogen) atoms. The van der Waals surface area contributed by atoms with Gasteiger partial charge in [0, 0.05) is 36.0 Å². The molecule has 1 unspecified atom stereocenters. The second-order valence-corrected chi connectivity index (χ2v) is 6.38. The van der Waals surface area contributed by atoms with Crippen LogP contribution >= 0.6 is 22.9 Å². The fourth-order valence-corrected chi connectivity index (χ4v) is 3.58. The van der Waals surface area contributed by atoms with Gasteiger partial charge in [-0.2, -0.15) is 0 Å². The molecule has 0 amide bonds. The molecule has 1 saturated carbocycles. The van der Waals surface area contributed by atoms with E-state index in [2.05, 4.69) is 39.8 Å². The summed E-state index contributed by atoms with van der Waals surface area (Å²) in [6, 6.07) is 0. The number of nitrogens with zero attached hydrogens (tertiary/aromatic N) is 1. The molecule has 1 atom stereocenters. The molecule has 2 fully saturated rings. The summed E-state index contributed by atoms with van der Waals surface area (Å²) in [4.78, 5) is 0. The maximum atomic E-state index is 2.51. The van der Waals surface area contributed by atoms with Crippen molar-refractivity contribution in [3.8, 4) is 0 Å². The standard InChI is InChI=1S/C10H18IN/c1-8(2)9-5-10(3-4-10)7-12(11)6-9/h8-9H,3-7H2,1-2H3. The Bertz CT molecular complexity index is 175. The summed E-state index contributed by atoms with van der Waals surface area (Å²) in [7, 11) is 0. The average molecular weight is 279 g/mol. The van der Waals surface area contributed by atoms with E-state index in [9.17, 15) is 0 Å². The van der Waals surface area contributed by atoms with Crippen LogP contribution in [0.4, 0.5) is 0 Å². The Hall–Kier alpha value is 0.690. The number of piperidine rings is 1. The minimum Gasteiger partial charge on any atom is -0.247 e. The van der Waals surface area contributed by atoms with E-state index in [1.807, 2.05) is 0 Å². The zero-order valence-corrected chi connectivity index (χ0v) is 10.2. The first-order valence-corrected chi connectivity index (χ1v) is 5.99. The normalized spacial score (nSPS) is 34.5. The molecule has 0 aromatic carbocycles. The highest BCUT2D eigenvalue weighted by molar-refractivity contribution is 14.1. The second kappa shape index (κ2) is 3.12. The van der Waals surface area contributed by atoms with Gasteiger partial charge >= 0.3 is 0 Å². The SMILES string of the molecule is CC(C)C1CN(I)CC2(CC2)C1. The van der Waals surface area contributed by atoms with Crippen LogP contribution in [0.3, 0.4) is 0 Å². The Labute approximate surface area is 89.4 Å². The molecule has 2 rings (SSSR count). The quantitative estimate of drug-likeness (QED) is 0.526. The van der Waals surface area contributed by atoms with Gasteiger partial charge in [-0.1, -0.05) is 13.8 Å². The molecule has 0 bridgehead atoms. The van der Waals surface area contributed by atoms with E-state index >= 15 is 0 Å². The molecule has 1 saturated heterocycles. The topological polar surface area (TPSA) is 3.24 Å². The summed E-state index contributed by atoms with van der Waals surface area (Å²) < 4.78 is 2.51. The Balaban J connectivity index is 1.99. The lowest BCUT2D eigenvalue weighted by molar-refractivity contribution is 0.170. The second-order valence-electron chi connectivity index (χ2n) is 5.01. The third kappa shape index (κ3) is 1.79. The number of hydrogen-bond donors (Lipinski definition) is 0. The molecule has 2 heteroatoms. The van der Waals surface area contributed by atoms with Gasteiger partial charge in [-0.25, -0.2) is 3.11 Å². The lowest BCUT2D eigenvalue weighted by Crippen LogP contribution is -2.37. The minimum atomic E-state index is 0.772. The van der Waals surface area contributed by atoms with Crippen molar-refractivity contribution in [3.05, 3.63) is 0 Å². The van der Waals surface area contributed by atoms with Crippen molar-refractivity contribution in [1.29, 1.82) is 0 Å². The maximum absolute atomic E-state index is 2.51. The molecular weight excluding hydrogens is 261 g/mol. The van der Waals surface area contributed by atoms with Gasteiger partial charge in [-0.05, 0) is 36.5 Å². The van der Waals surface area contributed by atoms with Gasteiger partial charge in [-0.3, -0.25) is 0 Å². The fourth-order valence-electron chi connectivity index (χ4n) is 2.35. The van der Waals surface area contributed by atoms with Gasteiger partial charge in [0.2, 0.25) is 0 Å². The molecule has 0 N–H and O–H groups in total. The van der Waals surface area contributed by atoms with Crippen molar-refractivity contribution in [1.82, 2.24) is 3.11 Å². The average Bonchev–Trinajstić information content (AvgIpc) is 2.67. The van der Waals surface area contributed by atoms with Crippen molar-refractivity contribution >= 4 is 22.9 Å². The highest BCUT2D eigenvalue weighted by Gasteiger charge is 2.48. The zero-order valence-electron chi connectivity index (χ0n) is 8.02. The van der Waals surface area contributed by atoms with Crippen LogP contribution in [0.1, 0.15) is 33.1 Å². The lowest BCUT2D eigenvalue weighted by atomic mass is 9.81. The largest absolute Gasteiger partial charge is 0.247 e. The number of rotatable bonds is 1. The number of halogens is 1. The monoisotopic (exact) mass is 279 g/mol. The molecule has 0 aromatic rings. The Morgan fingerprint density at radius 2 is 2.08 bits per heavy atom. The molecule has 0 radical (unpaired) electrons. The van der Waals surface area contributed by atoms with E-state index in [4.69, 9.17) is 0 Å². The van der Waals surface area contributed by atoms with Gasteiger partial charge in [0.1, 0.15) is 0 Å². The predicted molar refractivity (Wildman–Crippen MR) is 60.2 cm³/mol. The highest BCUT2D eigenvalue weighted by Crippen LogP contribution is 2.54. The van der Waals surface area contributed by atoms with Crippen molar-refractivity contribution in [2.24, 2.45) is 17.3 Å². The predicted octanol–water partition coefficient (Wildman–Crippen LogP) is 3.09. The molecule has 2 aliphatic rings. The van der Waals surface area contributed by atoms with Crippen LogP contribution in [-0.2, 0) is 0 Å². The molecule has 0 aromatic heterocycles. The first-order valence-electron chi connectivity index (χ1n) is 5.02. The lowest BCUT2D eigenvalue weighted by Gasteiger charge is -2.36. The van der Waals surface area contributed by atoms with E-state index in [0.29, 0.717) is 0 Å². The summed E-state index contributed by atoms with van der Waals surface area (Å²) in [5.41, 5.74) is 0.772. The van der Waals surface area contributed by atoms with Crippen LogP contribution in [-0.4, -0.2) is 16.2 Å². The van der Waals surface area contributed by atoms with E-state index in [-0.39, 0.29) is 0 Å². The third-order valence-electron chi connectivity index (χ3n) is 3.53. The third-order valence-corrected chi connectivity index (χ3v) is 4.27. The van der Waals surface area contributed by atoms with E-state index in [0.717, 1.165) is 17.3 Å². The van der Waals surface area contributed by atoms with Crippen LogP contribution in [0.25, 0.3) is 0 Å². The van der Waals surface area contributed by atoms with Crippen molar-refractivity contribution in [2.45, 2.75) is 33.1 Å². The van der Waals surface area contributed by atoms with Crippen LogP contribution in [0, 0.1) is 17.3 Å². The molecule has 1 spiro atoms. The van der Waals surface area contributed by atoms with Gasteiger partial charge in [0.25, 0.3) is 0 Å². The summed E-state index contributed by atoms with van der Waals surface area (Å²) in [6.07, 6.45) is 4.50. The first-order chi connectivity index (χ1) is 5.61. The van der Waals surface area contributed by atoms with Crippen LogP contribution in [0.15, 0.2) is 0 Å². The molecule has 1 aliphatic carbocycles. The van der Waals surface area contributed by atoms with Gasteiger partial charge < -0.3 is 0 Å². The van der Waals surface area contributed by atoms with E-state index in [1.54, 1.807) is 0 Å². The smallest absolute Gasteiger partial charge is 0.0201 e. The van der Waals surface area contributed by atoms with Gasteiger partial charge in [0.15, 0.2) is 0 Å². The van der Waals surface area contributed by atoms with Crippen molar-refractivity contribution < 1.29 is 0 Å². The minimum absolute atomic E-state index is 0.772. The molecule has 1 heterocycles. The van der Waals surface area contributed by atoms with Crippen molar-refractivity contribution in [2.75, 3.05) is 13.1 Å². The molecule has 1 nitrogen and oxygen atoms in total. The van der Waals surface area contributed by atoms with Crippen molar-refractivity contribution in [3.63, 3.8) is 0 Å². The Morgan fingerprint density at radius 3 is 2.58 bits per heavy atom. The summed E-state index contributed by atoms with van der Waals surface area (Å²) in [5.74, 6) is 1.83. The zero-order chi connectivity index (χ0) is 8.77. The van der Waals surface area contributed by atoms with Gasteiger partial charge in [-0.15, -0.1) is 0 Å². The maximum Gasteiger partial charge on any atom is 0.0201 e. The molecular formula is C10H18IN. The number of hydrogen-bond acceptors (Lipinski definition) is 1.